The number of fused-ring (bicyclic) bond motifs is 3. The van der Waals surface area contributed by atoms with Crippen LogP contribution < -0.4 is 4.74 Å². The molecular weight excluding hydrogens is 433 g/mol. The zero-order chi connectivity index (χ0) is 23.3. The van der Waals surface area contributed by atoms with E-state index in [0.29, 0.717) is 35.0 Å². The summed E-state index contributed by atoms with van der Waals surface area (Å²) in [7, 11) is 0. The van der Waals surface area contributed by atoms with Crippen LogP contribution >= 0.6 is 0 Å². The van der Waals surface area contributed by atoms with Crippen molar-refractivity contribution in [3.8, 4) is 16.9 Å². The monoisotopic (exact) mass is 454 g/mol. The molecule has 1 N–H and O–H groups in total. The number of ether oxygens (including phenoxy) is 1. The molecule has 2 aromatic heterocycles. The third-order valence-corrected chi connectivity index (χ3v) is 5.81. The van der Waals surface area contributed by atoms with Crippen molar-refractivity contribution in [2.45, 2.75) is 44.9 Å². The smallest absolute Gasteiger partial charge is 0.387 e. The molecule has 1 aliphatic rings. The van der Waals surface area contributed by atoms with E-state index in [1.165, 1.54) is 24.5 Å². The van der Waals surface area contributed by atoms with Crippen molar-refractivity contribution in [1.82, 2.24) is 19.5 Å². The summed E-state index contributed by atoms with van der Waals surface area (Å²) in [6.45, 7) is 0.207. The van der Waals surface area contributed by atoms with Gasteiger partial charge in [-0.1, -0.05) is 18.2 Å². The number of rotatable bonds is 5. The van der Waals surface area contributed by atoms with Crippen LogP contribution in [0.3, 0.4) is 0 Å². The Kier molecular flexibility index (Phi) is 5.08. The molecule has 170 valence electrons. The van der Waals surface area contributed by atoms with Crippen LogP contribution in [-0.4, -0.2) is 31.2 Å². The van der Waals surface area contributed by atoms with Crippen LogP contribution in [0.1, 0.15) is 43.5 Å². The highest BCUT2D eigenvalue weighted by Crippen LogP contribution is 2.40. The highest BCUT2D eigenvalue weighted by molar-refractivity contribution is 5.83. The van der Waals surface area contributed by atoms with Gasteiger partial charge in [0.2, 0.25) is 0 Å². The number of para-hydroxylation sites is 1. The number of alkyl halides is 2. The van der Waals surface area contributed by atoms with Crippen molar-refractivity contribution in [2.75, 3.05) is 0 Å². The summed E-state index contributed by atoms with van der Waals surface area (Å²) in [5.74, 6) is 0.628. The number of imidazole rings is 1. The number of aliphatic hydroxyl groups is 1. The molecule has 1 aliphatic heterocycles. The SMILES string of the molecule is CC(C)(O)c1ncc(-c2cc3c(cc2F)nc2n3[C@@H](c3ccccc3OC(F)F)CC2)cn1. The van der Waals surface area contributed by atoms with E-state index in [4.69, 9.17) is 4.74 Å². The molecule has 0 bridgehead atoms. The van der Waals surface area contributed by atoms with Gasteiger partial charge in [0.1, 0.15) is 23.0 Å². The van der Waals surface area contributed by atoms with E-state index in [1.807, 2.05) is 4.57 Å². The fraction of sp³-hybridized carbons (Fsp3) is 0.292. The van der Waals surface area contributed by atoms with Crippen molar-refractivity contribution in [3.63, 3.8) is 0 Å². The van der Waals surface area contributed by atoms with Crippen molar-refractivity contribution >= 4 is 11.0 Å². The third kappa shape index (κ3) is 3.82. The molecule has 4 aromatic rings. The summed E-state index contributed by atoms with van der Waals surface area (Å²) in [6, 6.07) is 9.47. The Balaban J connectivity index is 1.61. The van der Waals surface area contributed by atoms with Crippen molar-refractivity contribution in [3.05, 3.63) is 71.8 Å². The van der Waals surface area contributed by atoms with Gasteiger partial charge in [-0.3, -0.25) is 0 Å². The minimum absolute atomic E-state index is 0.116. The van der Waals surface area contributed by atoms with Gasteiger partial charge in [-0.05, 0) is 32.4 Å². The Labute approximate surface area is 187 Å². The van der Waals surface area contributed by atoms with Crippen LogP contribution in [0.15, 0.2) is 48.8 Å². The van der Waals surface area contributed by atoms with Gasteiger partial charge in [-0.2, -0.15) is 8.78 Å². The molecular formula is C24H21F3N4O2. The molecule has 9 heteroatoms. The molecule has 0 spiro atoms. The van der Waals surface area contributed by atoms with Gasteiger partial charge >= 0.3 is 6.61 Å². The van der Waals surface area contributed by atoms with Crippen molar-refractivity contribution < 1.29 is 23.0 Å². The number of aryl methyl sites for hydroxylation is 1. The van der Waals surface area contributed by atoms with Crippen LogP contribution in [0, 0.1) is 5.82 Å². The minimum Gasteiger partial charge on any atom is -0.434 e. The summed E-state index contributed by atoms with van der Waals surface area (Å²) >= 11 is 0. The van der Waals surface area contributed by atoms with Gasteiger partial charge in [-0.25, -0.2) is 19.3 Å². The average Bonchev–Trinajstić information content (AvgIpc) is 3.31. The number of benzene rings is 2. The van der Waals surface area contributed by atoms with Gasteiger partial charge < -0.3 is 14.4 Å². The normalized spacial score (nSPS) is 15.9. The first kappa shape index (κ1) is 21.4. The second-order valence-electron chi connectivity index (χ2n) is 8.54. The fourth-order valence-electron chi connectivity index (χ4n) is 4.34. The first-order valence-electron chi connectivity index (χ1n) is 10.5. The highest BCUT2D eigenvalue weighted by Gasteiger charge is 2.30. The van der Waals surface area contributed by atoms with E-state index in [2.05, 4.69) is 15.0 Å². The Hall–Kier alpha value is -3.46. The zero-order valence-corrected chi connectivity index (χ0v) is 18.0. The number of nitrogens with zero attached hydrogens (tertiary/aromatic N) is 4. The number of halogens is 3. The molecule has 2 aromatic carbocycles. The molecule has 1 atom stereocenters. The predicted octanol–water partition coefficient (Wildman–Crippen LogP) is 5.00. The maximum atomic E-state index is 15.0. The molecule has 0 saturated heterocycles. The molecule has 0 aliphatic carbocycles. The Morgan fingerprint density at radius 2 is 1.88 bits per heavy atom. The summed E-state index contributed by atoms with van der Waals surface area (Å²) < 4.78 is 47.6. The fourth-order valence-corrected chi connectivity index (χ4v) is 4.34. The summed E-state index contributed by atoms with van der Waals surface area (Å²) in [4.78, 5) is 12.9. The van der Waals surface area contributed by atoms with Crippen LogP contribution in [0.5, 0.6) is 5.75 Å². The minimum atomic E-state index is -2.93. The standard InChI is InChI=1S/C24H21F3N4O2/c1-24(2,32)22-28-11-13(12-29-22)15-9-19-17(10-16(15)25)30-21-8-7-18(31(19)21)14-5-3-4-6-20(14)33-23(26)27/h3-6,9-12,18,23,32H,7-8H2,1-2H3/t18-/m1/s1. The molecule has 0 saturated carbocycles. The van der Waals surface area contributed by atoms with Crippen LogP contribution in [0.25, 0.3) is 22.2 Å². The van der Waals surface area contributed by atoms with E-state index in [0.717, 1.165) is 5.82 Å². The zero-order valence-electron chi connectivity index (χ0n) is 18.0. The van der Waals surface area contributed by atoms with Crippen molar-refractivity contribution in [2.24, 2.45) is 0 Å². The average molecular weight is 454 g/mol. The first-order valence-corrected chi connectivity index (χ1v) is 10.5. The van der Waals surface area contributed by atoms with Crippen LogP contribution in [-0.2, 0) is 12.0 Å². The summed E-state index contributed by atoms with van der Waals surface area (Å²) in [5, 5.41) is 10.1. The van der Waals surface area contributed by atoms with E-state index >= 15 is 0 Å². The molecule has 0 radical (unpaired) electrons. The molecule has 3 heterocycles. The number of aromatic nitrogens is 4. The Bertz CT molecular complexity index is 1330. The summed E-state index contributed by atoms with van der Waals surface area (Å²) in [5.41, 5.74) is 1.32. The second-order valence-corrected chi connectivity index (χ2v) is 8.54. The quantitative estimate of drug-likeness (QED) is 0.460. The van der Waals surface area contributed by atoms with E-state index in [9.17, 15) is 18.3 Å². The van der Waals surface area contributed by atoms with Gasteiger partial charge in [0, 0.05) is 41.6 Å². The molecule has 0 unspecified atom stereocenters. The first-order chi connectivity index (χ1) is 15.7. The van der Waals surface area contributed by atoms with Gasteiger partial charge in [0.25, 0.3) is 0 Å². The second kappa shape index (κ2) is 7.84. The maximum Gasteiger partial charge on any atom is 0.387 e. The van der Waals surface area contributed by atoms with Gasteiger partial charge in [-0.15, -0.1) is 0 Å². The maximum absolute atomic E-state index is 15.0. The number of hydrogen-bond donors (Lipinski definition) is 1. The topological polar surface area (TPSA) is 73.1 Å². The highest BCUT2D eigenvalue weighted by atomic mass is 19.3. The lowest BCUT2D eigenvalue weighted by atomic mass is 10.0. The molecule has 33 heavy (non-hydrogen) atoms. The van der Waals surface area contributed by atoms with Crippen molar-refractivity contribution in [1.29, 1.82) is 0 Å². The lowest BCUT2D eigenvalue weighted by Crippen LogP contribution is -2.19. The summed E-state index contributed by atoms with van der Waals surface area (Å²) in [6.07, 6.45) is 4.23. The Morgan fingerprint density at radius 1 is 1.15 bits per heavy atom. The van der Waals surface area contributed by atoms with Gasteiger partial charge in [0.15, 0.2) is 5.82 Å². The van der Waals surface area contributed by atoms with E-state index < -0.39 is 18.0 Å². The predicted molar refractivity (Wildman–Crippen MR) is 115 cm³/mol. The lowest BCUT2D eigenvalue weighted by molar-refractivity contribution is -0.0506. The van der Waals surface area contributed by atoms with E-state index in [1.54, 1.807) is 38.1 Å². The Morgan fingerprint density at radius 3 is 2.58 bits per heavy atom. The largest absolute Gasteiger partial charge is 0.434 e. The molecule has 5 rings (SSSR count). The van der Waals surface area contributed by atoms with E-state index in [-0.39, 0.29) is 23.2 Å². The van der Waals surface area contributed by atoms with Crippen LogP contribution in [0.4, 0.5) is 13.2 Å². The third-order valence-electron chi connectivity index (χ3n) is 5.81. The van der Waals surface area contributed by atoms with Gasteiger partial charge in [0.05, 0.1) is 17.1 Å². The van der Waals surface area contributed by atoms with Crippen LogP contribution in [0.2, 0.25) is 0 Å². The lowest BCUT2D eigenvalue weighted by Gasteiger charge is -2.19. The number of hydrogen-bond acceptors (Lipinski definition) is 5. The molecule has 6 nitrogen and oxygen atoms in total. The molecule has 0 amide bonds. The molecule has 0 fully saturated rings.